The SMILES string of the molecule is O=C(CSc1ccc(-n2cccn2)nn1)Nc1ccc(F)cc1F. The maximum absolute atomic E-state index is 13.5. The van der Waals surface area contributed by atoms with E-state index in [-0.39, 0.29) is 11.4 Å². The van der Waals surface area contributed by atoms with Crippen LogP contribution >= 0.6 is 11.8 Å². The molecular weight excluding hydrogens is 336 g/mol. The third-order valence-electron chi connectivity index (χ3n) is 2.92. The van der Waals surface area contributed by atoms with Gasteiger partial charge in [-0.2, -0.15) is 5.10 Å². The van der Waals surface area contributed by atoms with Crippen molar-refractivity contribution in [2.24, 2.45) is 0 Å². The molecule has 1 aromatic carbocycles. The fourth-order valence-corrected chi connectivity index (χ4v) is 2.45. The maximum atomic E-state index is 13.5. The minimum absolute atomic E-state index is 0.0204. The van der Waals surface area contributed by atoms with Gasteiger partial charge in [0.1, 0.15) is 16.7 Å². The third kappa shape index (κ3) is 3.93. The zero-order valence-electron chi connectivity index (χ0n) is 12.2. The zero-order chi connectivity index (χ0) is 16.9. The van der Waals surface area contributed by atoms with E-state index in [9.17, 15) is 13.6 Å². The maximum Gasteiger partial charge on any atom is 0.234 e. The van der Waals surface area contributed by atoms with Crippen LogP contribution in [0, 0.1) is 11.6 Å². The number of hydrogen-bond acceptors (Lipinski definition) is 5. The van der Waals surface area contributed by atoms with Crippen LogP contribution in [0.5, 0.6) is 0 Å². The summed E-state index contributed by atoms with van der Waals surface area (Å²) in [6, 6.07) is 8.16. The Morgan fingerprint density at radius 1 is 1.21 bits per heavy atom. The lowest BCUT2D eigenvalue weighted by molar-refractivity contribution is -0.113. The van der Waals surface area contributed by atoms with Crippen molar-refractivity contribution < 1.29 is 13.6 Å². The Balaban J connectivity index is 1.56. The van der Waals surface area contributed by atoms with Crippen molar-refractivity contribution in [2.45, 2.75) is 5.03 Å². The number of nitrogens with one attached hydrogen (secondary N) is 1. The molecule has 0 atom stereocenters. The van der Waals surface area contributed by atoms with Crippen molar-refractivity contribution in [3.63, 3.8) is 0 Å². The number of anilines is 1. The van der Waals surface area contributed by atoms with Crippen LogP contribution in [-0.2, 0) is 4.79 Å². The average molecular weight is 347 g/mol. The van der Waals surface area contributed by atoms with Gasteiger partial charge in [-0.3, -0.25) is 4.79 Å². The minimum Gasteiger partial charge on any atom is -0.323 e. The summed E-state index contributed by atoms with van der Waals surface area (Å²) in [4.78, 5) is 11.8. The number of carbonyl (C=O) groups is 1. The van der Waals surface area contributed by atoms with Crippen LogP contribution in [-0.4, -0.2) is 31.6 Å². The molecule has 2 heterocycles. The molecule has 0 radical (unpaired) electrons. The summed E-state index contributed by atoms with van der Waals surface area (Å²) < 4.78 is 27.8. The first-order valence-corrected chi connectivity index (χ1v) is 7.82. The zero-order valence-corrected chi connectivity index (χ0v) is 13.0. The lowest BCUT2D eigenvalue weighted by atomic mass is 10.3. The number of benzene rings is 1. The van der Waals surface area contributed by atoms with Crippen LogP contribution in [0.15, 0.2) is 53.8 Å². The number of carbonyl (C=O) groups excluding carboxylic acids is 1. The predicted molar refractivity (Wildman–Crippen MR) is 84.9 cm³/mol. The van der Waals surface area contributed by atoms with Crippen LogP contribution in [0.1, 0.15) is 0 Å². The molecule has 0 aliphatic rings. The van der Waals surface area contributed by atoms with Crippen LogP contribution in [0.4, 0.5) is 14.5 Å². The largest absolute Gasteiger partial charge is 0.323 e. The van der Waals surface area contributed by atoms with Gasteiger partial charge >= 0.3 is 0 Å². The molecule has 0 saturated carbocycles. The molecule has 3 aromatic rings. The molecular formula is C15H11F2N5OS. The fraction of sp³-hybridized carbons (Fsp3) is 0.0667. The summed E-state index contributed by atoms with van der Waals surface area (Å²) in [5.41, 5.74) is -0.0675. The monoisotopic (exact) mass is 347 g/mol. The number of nitrogens with zero attached hydrogens (tertiary/aromatic N) is 4. The predicted octanol–water partition coefficient (Wildman–Crippen LogP) is 2.67. The smallest absolute Gasteiger partial charge is 0.234 e. The van der Waals surface area contributed by atoms with Gasteiger partial charge < -0.3 is 5.32 Å². The van der Waals surface area contributed by atoms with E-state index in [1.807, 2.05) is 0 Å². The summed E-state index contributed by atoms with van der Waals surface area (Å²) >= 11 is 1.15. The Bertz CT molecular complexity index is 840. The average Bonchev–Trinajstić information content (AvgIpc) is 3.11. The summed E-state index contributed by atoms with van der Waals surface area (Å²) in [7, 11) is 0. The number of amides is 1. The molecule has 0 fully saturated rings. The van der Waals surface area contributed by atoms with Crippen molar-refractivity contribution in [2.75, 3.05) is 11.1 Å². The molecule has 9 heteroatoms. The Morgan fingerprint density at radius 3 is 2.75 bits per heavy atom. The van der Waals surface area contributed by atoms with Gasteiger partial charge in [-0.1, -0.05) is 11.8 Å². The Morgan fingerprint density at radius 2 is 2.08 bits per heavy atom. The highest BCUT2D eigenvalue weighted by Crippen LogP contribution is 2.18. The highest BCUT2D eigenvalue weighted by Gasteiger charge is 2.09. The molecule has 3 rings (SSSR count). The highest BCUT2D eigenvalue weighted by molar-refractivity contribution is 7.99. The first kappa shape index (κ1) is 16.1. The van der Waals surface area contributed by atoms with Crippen LogP contribution in [0.2, 0.25) is 0 Å². The second kappa shape index (κ2) is 7.18. The van der Waals surface area contributed by atoms with Gasteiger partial charge in [0.15, 0.2) is 5.82 Å². The third-order valence-corrected chi connectivity index (χ3v) is 3.84. The van der Waals surface area contributed by atoms with Crippen LogP contribution < -0.4 is 5.32 Å². The first-order chi connectivity index (χ1) is 11.6. The lowest BCUT2D eigenvalue weighted by Crippen LogP contribution is -2.15. The molecule has 2 aromatic heterocycles. The van der Waals surface area contributed by atoms with Crippen LogP contribution in [0.25, 0.3) is 5.82 Å². The minimum atomic E-state index is -0.822. The van der Waals surface area contributed by atoms with Crippen molar-refractivity contribution in [3.05, 3.63) is 60.4 Å². The Kier molecular flexibility index (Phi) is 4.80. The topological polar surface area (TPSA) is 72.7 Å². The van der Waals surface area contributed by atoms with E-state index in [1.54, 1.807) is 35.3 Å². The second-order valence-corrected chi connectivity index (χ2v) is 5.64. The lowest BCUT2D eigenvalue weighted by Gasteiger charge is -2.06. The Labute approximate surface area is 139 Å². The molecule has 0 aliphatic carbocycles. The normalized spacial score (nSPS) is 10.6. The number of thioether (sulfide) groups is 1. The molecule has 0 spiro atoms. The van der Waals surface area contributed by atoms with Crippen molar-refractivity contribution in [1.82, 2.24) is 20.0 Å². The van der Waals surface area contributed by atoms with Gasteiger partial charge in [-0.25, -0.2) is 13.5 Å². The fourth-order valence-electron chi connectivity index (χ4n) is 1.83. The van der Waals surface area contributed by atoms with E-state index in [4.69, 9.17) is 0 Å². The van der Waals surface area contributed by atoms with E-state index < -0.39 is 17.5 Å². The van der Waals surface area contributed by atoms with Crippen molar-refractivity contribution in [1.29, 1.82) is 0 Å². The number of aromatic nitrogens is 4. The highest BCUT2D eigenvalue weighted by atomic mass is 32.2. The Hall–Kier alpha value is -2.81. The number of rotatable bonds is 5. The second-order valence-electron chi connectivity index (χ2n) is 4.64. The molecule has 1 N–H and O–H groups in total. The van der Waals surface area contributed by atoms with Gasteiger partial charge in [0, 0.05) is 18.5 Å². The number of hydrogen-bond donors (Lipinski definition) is 1. The van der Waals surface area contributed by atoms with Crippen molar-refractivity contribution in [3.8, 4) is 5.82 Å². The van der Waals surface area contributed by atoms with Gasteiger partial charge in [0.05, 0.1) is 11.4 Å². The molecule has 6 nitrogen and oxygen atoms in total. The van der Waals surface area contributed by atoms with Crippen molar-refractivity contribution >= 4 is 23.4 Å². The van der Waals surface area contributed by atoms with Crippen LogP contribution in [0.3, 0.4) is 0 Å². The molecule has 0 bridgehead atoms. The van der Waals surface area contributed by atoms with E-state index in [0.29, 0.717) is 16.9 Å². The van der Waals surface area contributed by atoms with Gasteiger partial charge in [-0.15, -0.1) is 10.2 Å². The molecule has 0 unspecified atom stereocenters. The van der Waals surface area contributed by atoms with Gasteiger partial charge in [0.25, 0.3) is 0 Å². The quantitative estimate of drug-likeness (QED) is 0.719. The van der Waals surface area contributed by atoms with Gasteiger partial charge in [-0.05, 0) is 30.3 Å². The molecule has 24 heavy (non-hydrogen) atoms. The standard InChI is InChI=1S/C15H11F2N5OS/c16-10-2-3-12(11(17)8-10)19-14(23)9-24-15-5-4-13(20-21-15)22-7-1-6-18-22/h1-8H,9H2,(H,19,23). The van der Waals surface area contributed by atoms with Gasteiger partial charge in [0.2, 0.25) is 5.91 Å². The molecule has 1 amide bonds. The molecule has 122 valence electrons. The summed E-state index contributed by atoms with van der Waals surface area (Å²) in [6.07, 6.45) is 3.37. The molecule has 0 saturated heterocycles. The van der Waals surface area contributed by atoms with E-state index in [0.717, 1.165) is 17.8 Å². The number of halogens is 2. The van der Waals surface area contributed by atoms with E-state index in [2.05, 4.69) is 20.6 Å². The molecule has 0 aliphatic heterocycles. The van der Waals surface area contributed by atoms with E-state index in [1.165, 1.54) is 6.07 Å². The van der Waals surface area contributed by atoms with E-state index >= 15 is 0 Å². The first-order valence-electron chi connectivity index (χ1n) is 6.83. The summed E-state index contributed by atoms with van der Waals surface area (Å²) in [5.74, 6) is -1.37. The summed E-state index contributed by atoms with van der Waals surface area (Å²) in [6.45, 7) is 0. The summed E-state index contributed by atoms with van der Waals surface area (Å²) in [5, 5.41) is 14.9.